The Morgan fingerprint density at radius 1 is 0.705 bits per heavy atom. The first-order valence-corrected chi connectivity index (χ1v) is 13.5. The van der Waals surface area contributed by atoms with E-state index in [2.05, 4.69) is 26.2 Å². The molecular weight excluding hydrogens is 576 g/mol. The molecule has 44 heavy (non-hydrogen) atoms. The third-order valence-electron chi connectivity index (χ3n) is 6.24. The van der Waals surface area contributed by atoms with E-state index in [-0.39, 0.29) is 38.6 Å². The van der Waals surface area contributed by atoms with Crippen LogP contribution < -0.4 is 16.0 Å². The largest absolute Gasteiger partial charge is 0.481 e. The smallest absolute Gasteiger partial charge is 0.306 e. The molecule has 2 aromatic rings. The van der Waals surface area contributed by atoms with E-state index in [1.54, 1.807) is 48.5 Å². The Hall–Kier alpha value is -5.73. The number of carbonyl (C=O) groups is 7. The number of imide groups is 1. The quantitative estimate of drug-likeness (QED) is 0.140. The molecular formula is C29H30N6O9. The highest BCUT2D eigenvalue weighted by Crippen LogP contribution is 2.22. The summed E-state index contributed by atoms with van der Waals surface area (Å²) < 4.78 is 0. The lowest BCUT2D eigenvalue weighted by Crippen LogP contribution is -2.37. The number of hydrogen-bond donors (Lipinski definition) is 5. The molecule has 0 aromatic heterocycles. The van der Waals surface area contributed by atoms with E-state index in [0.29, 0.717) is 22.7 Å². The summed E-state index contributed by atoms with van der Waals surface area (Å²) in [6, 6.07) is 12.8. The fourth-order valence-corrected chi connectivity index (χ4v) is 3.94. The maximum Gasteiger partial charge on any atom is 0.306 e. The molecule has 230 valence electrons. The summed E-state index contributed by atoms with van der Waals surface area (Å²) in [4.78, 5) is 82.1. The number of amides is 5. The summed E-state index contributed by atoms with van der Waals surface area (Å²) in [6.45, 7) is -0.684. The van der Waals surface area contributed by atoms with Gasteiger partial charge in [-0.25, -0.2) is 0 Å². The summed E-state index contributed by atoms with van der Waals surface area (Å²) in [6.07, 6.45) is 2.32. The Kier molecular flexibility index (Phi) is 12.0. The van der Waals surface area contributed by atoms with Gasteiger partial charge < -0.3 is 26.2 Å². The average Bonchev–Trinajstić information content (AvgIpc) is 3.30. The molecule has 0 aliphatic carbocycles. The van der Waals surface area contributed by atoms with Crippen molar-refractivity contribution in [3.63, 3.8) is 0 Å². The number of anilines is 2. The van der Waals surface area contributed by atoms with E-state index >= 15 is 0 Å². The molecule has 0 saturated heterocycles. The van der Waals surface area contributed by atoms with Crippen LogP contribution in [0, 0.1) is 5.92 Å². The van der Waals surface area contributed by atoms with Crippen LogP contribution >= 0.6 is 0 Å². The number of hydrogen-bond acceptors (Lipinski definition) is 9. The lowest BCUT2D eigenvalue weighted by Gasteiger charge is -2.13. The van der Waals surface area contributed by atoms with E-state index in [1.165, 1.54) is 0 Å². The zero-order chi connectivity index (χ0) is 32.1. The minimum atomic E-state index is -1.11. The zero-order valence-corrected chi connectivity index (χ0v) is 23.4. The second-order valence-corrected chi connectivity index (χ2v) is 9.62. The van der Waals surface area contributed by atoms with Gasteiger partial charge >= 0.3 is 11.9 Å². The van der Waals surface area contributed by atoms with Crippen molar-refractivity contribution < 1.29 is 43.8 Å². The maximum absolute atomic E-state index is 12.2. The van der Waals surface area contributed by atoms with Crippen molar-refractivity contribution in [3.05, 3.63) is 60.7 Å². The summed E-state index contributed by atoms with van der Waals surface area (Å²) in [7, 11) is 0. The van der Waals surface area contributed by atoms with Gasteiger partial charge in [0.2, 0.25) is 17.7 Å². The highest BCUT2D eigenvalue weighted by atomic mass is 16.4. The van der Waals surface area contributed by atoms with Gasteiger partial charge in [0.05, 0.1) is 23.8 Å². The van der Waals surface area contributed by atoms with Crippen LogP contribution in [-0.4, -0.2) is 69.7 Å². The molecule has 5 N–H and O–H groups in total. The molecule has 15 nitrogen and oxygen atoms in total. The third kappa shape index (κ3) is 10.9. The first-order valence-electron chi connectivity index (χ1n) is 13.5. The van der Waals surface area contributed by atoms with Crippen LogP contribution in [-0.2, 0) is 33.6 Å². The van der Waals surface area contributed by atoms with Gasteiger partial charge in [0.25, 0.3) is 11.8 Å². The normalized spacial score (nSPS) is 13.1. The van der Waals surface area contributed by atoms with Crippen molar-refractivity contribution >= 4 is 64.2 Å². The number of azo groups is 1. The summed E-state index contributed by atoms with van der Waals surface area (Å²) in [5, 5.41) is 33.8. The molecule has 0 saturated carbocycles. The number of carboxylic acids is 2. The second kappa shape index (κ2) is 16.1. The molecule has 0 fully saturated rings. The molecule has 0 radical (unpaired) electrons. The number of nitrogens with one attached hydrogen (secondary N) is 3. The van der Waals surface area contributed by atoms with Gasteiger partial charge in [-0.3, -0.25) is 38.5 Å². The summed E-state index contributed by atoms with van der Waals surface area (Å²) in [5.74, 6) is -5.57. The second-order valence-electron chi connectivity index (χ2n) is 9.62. The number of carboxylic acid groups (broad SMARTS) is 2. The molecule has 1 aliphatic heterocycles. The number of benzene rings is 2. The van der Waals surface area contributed by atoms with E-state index in [1.807, 2.05) is 0 Å². The zero-order valence-electron chi connectivity index (χ0n) is 23.4. The summed E-state index contributed by atoms with van der Waals surface area (Å²) >= 11 is 0. The maximum atomic E-state index is 12.2. The van der Waals surface area contributed by atoms with Crippen LogP contribution in [0.5, 0.6) is 0 Å². The van der Waals surface area contributed by atoms with Gasteiger partial charge in [0, 0.05) is 36.4 Å². The molecule has 2 aromatic carbocycles. The van der Waals surface area contributed by atoms with E-state index < -0.39 is 53.9 Å². The van der Waals surface area contributed by atoms with E-state index in [4.69, 9.17) is 10.2 Å². The van der Waals surface area contributed by atoms with Crippen molar-refractivity contribution in [2.75, 3.05) is 23.7 Å². The van der Waals surface area contributed by atoms with Crippen molar-refractivity contribution in [1.29, 1.82) is 0 Å². The Bertz CT molecular complexity index is 1450. The first kappa shape index (κ1) is 32.8. The van der Waals surface area contributed by atoms with E-state index in [9.17, 15) is 33.6 Å². The fraction of sp³-hybridized carbons (Fsp3) is 0.276. The van der Waals surface area contributed by atoms with Crippen LogP contribution in [0.2, 0.25) is 0 Å². The molecule has 1 atom stereocenters. The Morgan fingerprint density at radius 3 is 1.73 bits per heavy atom. The lowest BCUT2D eigenvalue weighted by molar-refractivity contribution is -0.143. The SMILES string of the molecule is O=C(O)CCC(CCCC(=O)NCC(=O)Nc1ccc(N=Nc2ccc(NC(=O)CN3C(=O)C=CC3=O)cc2)cc1)C(=O)O. The van der Waals surface area contributed by atoms with Crippen LogP contribution in [0.4, 0.5) is 22.7 Å². The lowest BCUT2D eigenvalue weighted by atomic mass is 9.97. The number of aliphatic carboxylic acids is 2. The topological polar surface area (TPSA) is 224 Å². The third-order valence-corrected chi connectivity index (χ3v) is 6.24. The highest BCUT2D eigenvalue weighted by molar-refractivity contribution is 6.15. The van der Waals surface area contributed by atoms with Crippen molar-refractivity contribution in [2.24, 2.45) is 16.1 Å². The highest BCUT2D eigenvalue weighted by Gasteiger charge is 2.25. The predicted molar refractivity (Wildman–Crippen MR) is 155 cm³/mol. The van der Waals surface area contributed by atoms with Crippen molar-refractivity contribution in [1.82, 2.24) is 10.2 Å². The van der Waals surface area contributed by atoms with Gasteiger partial charge in [-0.05, 0) is 67.8 Å². The standard InChI is InChI=1S/C29H30N6O9/c36-23(3-1-2-18(29(43)44)4-15-28(41)42)30-16-24(37)31-19-5-9-21(10-6-19)33-34-22-11-7-20(8-12-22)32-25(38)17-35-26(39)13-14-27(35)40/h5-14,18H,1-4,15-17H2,(H,30,36)(H,31,37)(H,32,38)(H,41,42)(H,43,44). The number of rotatable bonds is 16. The molecule has 1 unspecified atom stereocenters. The molecule has 15 heteroatoms. The Morgan fingerprint density at radius 2 is 1.23 bits per heavy atom. The Balaban J connectivity index is 1.37. The van der Waals surface area contributed by atoms with Gasteiger partial charge in [0.15, 0.2) is 0 Å². The monoisotopic (exact) mass is 606 g/mol. The number of nitrogens with zero attached hydrogens (tertiary/aromatic N) is 3. The van der Waals surface area contributed by atoms with Gasteiger partial charge in [-0.2, -0.15) is 10.2 Å². The molecule has 1 heterocycles. The molecule has 0 spiro atoms. The number of carbonyl (C=O) groups excluding carboxylic acids is 5. The van der Waals surface area contributed by atoms with E-state index in [0.717, 1.165) is 17.1 Å². The van der Waals surface area contributed by atoms with Crippen molar-refractivity contribution in [3.8, 4) is 0 Å². The Labute approximate surface area is 251 Å². The molecule has 5 amide bonds. The average molecular weight is 607 g/mol. The minimum absolute atomic E-state index is 0.00216. The van der Waals surface area contributed by atoms with Crippen LogP contribution in [0.3, 0.4) is 0 Å². The molecule has 3 rings (SSSR count). The van der Waals surface area contributed by atoms with Crippen LogP contribution in [0.15, 0.2) is 70.9 Å². The fourth-order valence-electron chi connectivity index (χ4n) is 3.94. The van der Waals surface area contributed by atoms with Crippen molar-refractivity contribution in [2.45, 2.75) is 32.1 Å². The minimum Gasteiger partial charge on any atom is -0.481 e. The van der Waals surface area contributed by atoms with Crippen LogP contribution in [0.25, 0.3) is 0 Å². The van der Waals surface area contributed by atoms with Crippen LogP contribution in [0.1, 0.15) is 32.1 Å². The summed E-state index contributed by atoms with van der Waals surface area (Å²) in [5.41, 5.74) is 1.88. The van der Waals surface area contributed by atoms with Gasteiger partial charge in [-0.15, -0.1) is 0 Å². The molecule has 0 bridgehead atoms. The van der Waals surface area contributed by atoms with Gasteiger partial charge in [-0.1, -0.05) is 0 Å². The molecule has 1 aliphatic rings. The predicted octanol–water partition coefficient (Wildman–Crippen LogP) is 2.76. The first-order chi connectivity index (χ1) is 21.0. The van der Waals surface area contributed by atoms with Gasteiger partial charge in [0.1, 0.15) is 6.54 Å².